The van der Waals surface area contributed by atoms with Gasteiger partial charge in [0.1, 0.15) is 0 Å². The summed E-state index contributed by atoms with van der Waals surface area (Å²) in [6.45, 7) is 3.59. The predicted octanol–water partition coefficient (Wildman–Crippen LogP) is 3.56. The zero-order chi connectivity index (χ0) is 15.6. The number of alkyl halides is 3. The van der Waals surface area contributed by atoms with Crippen LogP contribution in [0.15, 0.2) is 35.7 Å². The number of rotatable bonds is 5. The summed E-state index contributed by atoms with van der Waals surface area (Å²) >= 11 is 5.45. The van der Waals surface area contributed by atoms with Gasteiger partial charge in [-0.15, -0.1) is 6.58 Å². The quantitative estimate of drug-likeness (QED) is 0.775. The van der Waals surface area contributed by atoms with Crippen LogP contribution in [0.4, 0.5) is 13.2 Å². The molecule has 0 atom stereocenters. The summed E-state index contributed by atoms with van der Waals surface area (Å²) in [6.07, 6.45) is -2.78. The van der Waals surface area contributed by atoms with E-state index in [1.807, 2.05) is 0 Å². The average Bonchev–Trinajstić information content (AvgIpc) is 2.34. The van der Waals surface area contributed by atoms with E-state index in [4.69, 9.17) is 11.6 Å². The van der Waals surface area contributed by atoms with Crippen molar-refractivity contribution < 1.29 is 21.6 Å². The molecule has 0 spiro atoms. The molecular weight excluding hydrogens is 315 g/mol. The first-order chi connectivity index (χ1) is 9.10. The predicted molar refractivity (Wildman–Crippen MR) is 71.1 cm³/mol. The lowest BCUT2D eigenvalue weighted by molar-refractivity contribution is -0.137. The van der Waals surface area contributed by atoms with E-state index in [0.717, 1.165) is 16.4 Å². The Morgan fingerprint density at radius 1 is 1.40 bits per heavy atom. The summed E-state index contributed by atoms with van der Waals surface area (Å²) < 4.78 is 63.3. The Morgan fingerprint density at radius 2 is 2.00 bits per heavy atom. The summed E-state index contributed by atoms with van der Waals surface area (Å²) in [5, 5.41) is -0.537. The molecule has 0 aromatic heterocycles. The van der Waals surface area contributed by atoms with Crippen LogP contribution in [-0.2, 0) is 16.2 Å². The van der Waals surface area contributed by atoms with Gasteiger partial charge in [-0.1, -0.05) is 17.7 Å². The standard InChI is InChI=1S/C12H13ClF3NO2S/c1-3-4-7-17(2)20(18,19)9-5-6-11(13)10(8-9)12(14,15)16/h3,5-6,8H,1,4,7H2,2H3. The van der Waals surface area contributed by atoms with Gasteiger partial charge in [-0.05, 0) is 24.6 Å². The number of nitrogens with zero attached hydrogens (tertiary/aromatic N) is 1. The van der Waals surface area contributed by atoms with Gasteiger partial charge in [-0.3, -0.25) is 0 Å². The molecule has 0 aliphatic rings. The molecule has 20 heavy (non-hydrogen) atoms. The third-order valence-electron chi connectivity index (χ3n) is 2.60. The smallest absolute Gasteiger partial charge is 0.207 e. The van der Waals surface area contributed by atoms with Crippen LogP contribution < -0.4 is 0 Å². The Kier molecular flexibility index (Phi) is 5.23. The molecule has 1 aromatic carbocycles. The van der Waals surface area contributed by atoms with E-state index in [0.29, 0.717) is 12.5 Å². The fraction of sp³-hybridized carbons (Fsp3) is 0.333. The van der Waals surface area contributed by atoms with Crippen molar-refractivity contribution in [2.45, 2.75) is 17.5 Å². The van der Waals surface area contributed by atoms with E-state index in [9.17, 15) is 21.6 Å². The van der Waals surface area contributed by atoms with Crippen LogP contribution in [-0.4, -0.2) is 26.3 Å². The third-order valence-corrected chi connectivity index (χ3v) is 4.78. The maximum atomic E-state index is 12.7. The Balaban J connectivity index is 3.23. The average molecular weight is 328 g/mol. The van der Waals surface area contributed by atoms with Gasteiger partial charge >= 0.3 is 6.18 Å². The van der Waals surface area contributed by atoms with Gasteiger partial charge in [0.05, 0.1) is 15.5 Å². The number of hydrogen-bond acceptors (Lipinski definition) is 2. The van der Waals surface area contributed by atoms with E-state index in [1.165, 1.54) is 13.1 Å². The Labute approximate surface area is 120 Å². The first-order valence-corrected chi connectivity index (χ1v) is 7.36. The second-order valence-corrected chi connectivity index (χ2v) is 6.50. The molecule has 1 aromatic rings. The molecular formula is C12H13ClF3NO2S. The Bertz CT molecular complexity index is 599. The molecule has 0 aliphatic carbocycles. The van der Waals surface area contributed by atoms with Crippen LogP contribution >= 0.6 is 11.6 Å². The second kappa shape index (κ2) is 6.15. The van der Waals surface area contributed by atoms with Crippen molar-refractivity contribution in [1.29, 1.82) is 0 Å². The van der Waals surface area contributed by atoms with Crippen LogP contribution in [0.1, 0.15) is 12.0 Å². The molecule has 0 amide bonds. The highest BCUT2D eigenvalue weighted by molar-refractivity contribution is 7.89. The minimum atomic E-state index is -4.71. The van der Waals surface area contributed by atoms with Crippen molar-refractivity contribution in [3.63, 3.8) is 0 Å². The molecule has 0 aliphatic heterocycles. The van der Waals surface area contributed by atoms with Crippen LogP contribution in [0.5, 0.6) is 0 Å². The van der Waals surface area contributed by atoms with E-state index < -0.39 is 31.7 Å². The minimum Gasteiger partial charge on any atom is -0.207 e. The van der Waals surface area contributed by atoms with Gasteiger partial charge in [-0.2, -0.15) is 13.2 Å². The van der Waals surface area contributed by atoms with Crippen LogP contribution in [0.25, 0.3) is 0 Å². The minimum absolute atomic E-state index is 0.135. The molecule has 0 radical (unpaired) electrons. The van der Waals surface area contributed by atoms with Crippen LogP contribution in [0, 0.1) is 0 Å². The molecule has 8 heteroatoms. The molecule has 3 nitrogen and oxygen atoms in total. The maximum Gasteiger partial charge on any atom is 0.417 e. The molecule has 0 saturated carbocycles. The van der Waals surface area contributed by atoms with Gasteiger partial charge in [0.2, 0.25) is 10.0 Å². The number of halogens is 4. The Hall–Kier alpha value is -1.05. The third kappa shape index (κ3) is 3.74. The highest BCUT2D eigenvalue weighted by Crippen LogP contribution is 2.36. The fourth-order valence-electron chi connectivity index (χ4n) is 1.46. The topological polar surface area (TPSA) is 37.4 Å². The van der Waals surface area contributed by atoms with E-state index in [1.54, 1.807) is 0 Å². The van der Waals surface area contributed by atoms with Crippen LogP contribution in [0.3, 0.4) is 0 Å². The zero-order valence-electron chi connectivity index (χ0n) is 10.6. The lowest BCUT2D eigenvalue weighted by Crippen LogP contribution is -2.28. The van der Waals surface area contributed by atoms with E-state index in [-0.39, 0.29) is 6.54 Å². The summed E-state index contributed by atoms with van der Waals surface area (Å²) in [6, 6.07) is 2.53. The molecule has 0 unspecified atom stereocenters. The molecule has 0 bridgehead atoms. The molecule has 0 fully saturated rings. The summed E-state index contributed by atoms with van der Waals surface area (Å²) in [5.74, 6) is 0. The monoisotopic (exact) mass is 327 g/mol. The van der Waals surface area contributed by atoms with Crippen molar-refractivity contribution in [3.05, 3.63) is 41.4 Å². The largest absolute Gasteiger partial charge is 0.417 e. The van der Waals surface area contributed by atoms with Crippen molar-refractivity contribution >= 4 is 21.6 Å². The number of hydrogen-bond donors (Lipinski definition) is 0. The maximum absolute atomic E-state index is 12.7. The molecule has 0 saturated heterocycles. The van der Waals surface area contributed by atoms with E-state index >= 15 is 0 Å². The molecule has 1 rings (SSSR count). The van der Waals surface area contributed by atoms with Gasteiger partial charge in [0.25, 0.3) is 0 Å². The molecule has 0 N–H and O–H groups in total. The lowest BCUT2D eigenvalue weighted by atomic mass is 10.2. The van der Waals surface area contributed by atoms with Crippen molar-refractivity contribution in [3.8, 4) is 0 Å². The molecule has 112 valence electrons. The van der Waals surface area contributed by atoms with Crippen molar-refractivity contribution in [1.82, 2.24) is 4.31 Å². The number of sulfonamides is 1. The number of benzene rings is 1. The van der Waals surface area contributed by atoms with Gasteiger partial charge in [-0.25, -0.2) is 12.7 Å². The highest BCUT2D eigenvalue weighted by atomic mass is 35.5. The summed E-state index contributed by atoms with van der Waals surface area (Å²) in [7, 11) is -2.69. The van der Waals surface area contributed by atoms with E-state index in [2.05, 4.69) is 6.58 Å². The first-order valence-electron chi connectivity index (χ1n) is 5.54. The first kappa shape index (κ1) is 17.0. The van der Waals surface area contributed by atoms with Gasteiger partial charge < -0.3 is 0 Å². The Morgan fingerprint density at radius 3 is 2.50 bits per heavy atom. The highest BCUT2D eigenvalue weighted by Gasteiger charge is 2.35. The molecule has 0 heterocycles. The van der Waals surface area contributed by atoms with Gasteiger partial charge in [0.15, 0.2) is 0 Å². The normalized spacial score (nSPS) is 12.7. The summed E-state index contributed by atoms with van der Waals surface area (Å²) in [5.41, 5.74) is -1.17. The zero-order valence-corrected chi connectivity index (χ0v) is 12.2. The van der Waals surface area contributed by atoms with Crippen LogP contribution in [0.2, 0.25) is 5.02 Å². The van der Waals surface area contributed by atoms with Crippen molar-refractivity contribution in [2.75, 3.05) is 13.6 Å². The summed E-state index contributed by atoms with van der Waals surface area (Å²) in [4.78, 5) is -0.444. The fourth-order valence-corrected chi connectivity index (χ4v) is 2.89. The second-order valence-electron chi connectivity index (χ2n) is 4.04. The van der Waals surface area contributed by atoms with Gasteiger partial charge in [0, 0.05) is 13.6 Å². The lowest BCUT2D eigenvalue weighted by Gasteiger charge is -2.17. The van der Waals surface area contributed by atoms with Crippen molar-refractivity contribution in [2.24, 2.45) is 0 Å². The SMILES string of the molecule is C=CCCN(C)S(=O)(=O)c1ccc(Cl)c(C(F)(F)F)c1.